The molecule has 41 heavy (non-hydrogen) atoms. The Kier molecular flexibility index (Phi) is 13.1. The van der Waals surface area contributed by atoms with Crippen LogP contribution in [0, 0.1) is 0 Å². The quantitative estimate of drug-likeness (QED) is 0.203. The second-order valence-corrected chi connectivity index (χ2v) is 7.87. The molecule has 2 amide bonds. The van der Waals surface area contributed by atoms with E-state index in [9.17, 15) is 27.2 Å². The topological polar surface area (TPSA) is 158 Å². The number of nitrogens with one attached hydrogen (secondary N) is 2. The summed E-state index contributed by atoms with van der Waals surface area (Å²) in [6, 6.07) is 10.5. The molecule has 3 N–H and O–H groups in total. The van der Waals surface area contributed by atoms with Gasteiger partial charge in [-0.25, -0.2) is 13.9 Å². The Labute approximate surface area is 231 Å². The highest BCUT2D eigenvalue weighted by atomic mass is 19.4. The Morgan fingerprint density at radius 3 is 2.44 bits per heavy atom. The van der Waals surface area contributed by atoms with E-state index in [-0.39, 0.29) is 37.3 Å². The van der Waals surface area contributed by atoms with E-state index in [0.717, 1.165) is 5.69 Å². The highest BCUT2D eigenvalue weighted by Gasteiger charge is 2.38. The van der Waals surface area contributed by atoms with Crippen molar-refractivity contribution in [1.29, 1.82) is 0 Å². The van der Waals surface area contributed by atoms with Gasteiger partial charge in [0.15, 0.2) is 5.69 Å². The minimum absolute atomic E-state index is 0.0168. The van der Waals surface area contributed by atoms with E-state index < -0.39 is 18.8 Å². The predicted octanol–water partition coefficient (Wildman–Crippen LogP) is 2.38. The summed E-state index contributed by atoms with van der Waals surface area (Å²) in [5.41, 5.74) is 1.89. The monoisotopic (exact) mass is 584 g/mol. The number of nitrogens with zero attached hydrogens (tertiary/aromatic N) is 4. The third-order valence-corrected chi connectivity index (χ3v) is 4.87. The fraction of sp³-hybridized carbons (Fsp3) is 0.360. The number of carboxylic acids is 1. The number of carbonyl (C=O) groups excluding carboxylic acids is 2. The lowest BCUT2D eigenvalue weighted by atomic mass is 10.1. The van der Waals surface area contributed by atoms with Gasteiger partial charge in [-0.3, -0.25) is 14.6 Å². The average molecular weight is 585 g/mol. The zero-order chi connectivity index (χ0) is 30.3. The van der Waals surface area contributed by atoms with Crippen LogP contribution < -0.4 is 15.4 Å². The summed E-state index contributed by atoms with van der Waals surface area (Å²) in [6.07, 6.45) is -1.32. The summed E-state index contributed by atoms with van der Waals surface area (Å²) in [5.74, 6) is -3.03. The molecule has 0 saturated carbocycles. The van der Waals surface area contributed by atoms with Crippen LogP contribution in [0.25, 0.3) is 5.69 Å². The third-order valence-electron chi connectivity index (χ3n) is 4.87. The molecule has 3 rings (SSSR count). The largest absolute Gasteiger partial charge is 0.490 e. The number of alkyl halides is 4. The Bertz CT molecular complexity index is 1270. The number of hydrogen-bond donors (Lipinski definition) is 3. The predicted molar refractivity (Wildman–Crippen MR) is 136 cm³/mol. The molecule has 3 aromatic rings. The van der Waals surface area contributed by atoms with Crippen molar-refractivity contribution >= 4 is 17.8 Å². The molecule has 1 aromatic carbocycles. The molecule has 222 valence electrons. The molecule has 0 spiro atoms. The van der Waals surface area contributed by atoms with Gasteiger partial charge < -0.3 is 25.2 Å². The molecule has 0 aliphatic heterocycles. The molecule has 2 aromatic heterocycles. The number of benzene rings is 1. The molecule has 0 aliphatic carbocycles. The SMILES string of the molecule is CCNC(=O)c1ccc(-n2cc(C(=O)NCCc3ccccn3)nn2)c(OCCOCCF)c1.O=C(O)C(F)(F)F. The zero-order valence-corrected chi connectivity index (χ0v) is 21.9. The van der Waals surface area contributed by atoms with Gasteiger partial charge in [0, 0.05) is 37.0 Å². The van der Waals surface area contributed by atoms with Crippen LogP contribution in [-0.4, -0.2) is 88.6 Å². The van der Waals surface area contributed by atoms with Crippen molar-refractivity contribution in [2.75, 3.05) is 39.6 Å². The van der Waals surface area contributed by atoms with E-state index >= 15 is 0 Å². The Balaban J connectivity index is 0.000000745. The van der Waals surface area contributed by atoms with E-state index in [0.29, 0.717) is 36.5 Å². The summed E-state index contributed by atoms with van der Waals surface area (Å²) in [7, 11) is 0. The van der Waals surface area contributed by atoms with E-state index in [1.165, 1.54) is 10.9 Å². The fourth-order valence-electron chi connectivity index (χ4n) is 3.02. The molecule has 16 heteroatoms. The second-order valence-electron chi connectivity index (χ2n) is 7.87. The lowest BCUT2D eigenvalue weighted by Crippen LogP contribution is -2.26. The van der Waals surface area contributed by atoms with Crippen LogP contribution in [0.4, 0.5) is 17.6 Å². The van der Waals surface area contributed by atoms with E-state index in [1.54, 1.807) is 24.4 Å². The summed E-state index contributed by atoms with van der Waals surface area (Å²) in [4.78, 5) is 37.8. The van der Waals surface area contributed by atoms with Crippen molar-refractivity contribution in [3.8, 4) is 11.4 Å². The van der Waals surface area contributed by atoms with Crippen LogP contribution in [-0.2, 0) is 16.0 Å². The Morgan fingerprint density at radius 1 is 1.05 bits per heavy atom. The highest BCUT2D eigenvalue weighted by molar-refractivity contribution is 5.95. The first-order valence-electron chi connectivity index (χ1n) is 12.2. The first-order chi connectivity index (χ1) is 19.6. The van der Waals surface area contributed by atoms with Crippen LogP contribution in [0.3, 0.4) is 0 Å². The van der Waals surface area contributed by atoms with Gasteiger partial charge in [-0.2, -0.15) is 13.2 Å². The number of halogens is 4. The lowest BCUT2D eigenvalue weighted by molar-refractivity contribution is -0.192. The Hall–Kier alpha value is -4.60. The summed E-state index contributed by atoms with van der Waals surface area (Å²) in [6.45, 7) is 2.43. The number of carboxylic acid groups (broad SMARTS) is 1. The number of amides is 2. The van der Waals surface area contributed by atoms with Crippen molar-refractivity contribution < 1.29 is 46.5 Å². The molecule has 0 atom stereocenters. The van der Waals surface area contributed by atoms with Crippen molar-refractivity contribution in [2.24, 2.45) is 0 Å². The third kappa shape index (κ3) is 11.2. The van der Waals surface area contributed by atoms with Gasteiger partial charge >= 0.3 is 12.1 Å². The van der Waals surface area contributed by atoms with Gasteiger partial charge in [0.2, 0.25) is 0 Å². The molecule has 0 radical (unpaired) electrons. The van der Waals surface area contributed by atoms with Crippen molar-refractivity contribution in [2.45, 2.75) is 19.5 Å². The van der Waals surface area contributed by atoms with Gasteiger partial charge in [-0.15, -0.1) is 5.10 Å². The average Bonchev–Trinajstić information content (AvgIpc) is 3.44. The van der Waals surface area contributed by atoms with E-state index in [1.807, 2.05) is 25.1 Å². The number of carbonyl (C=O) groups is 3. The standard InChI is InChI=1S/C23H27FN6O4.C2HF3O2/c1-2-25-22(31)17-6-7-20(21(15-17)34-14-13-33-12-9-24)30-16-19(28-29-30)23(32)27-11-8-18-5-3-4-10-26-18;3-2(4,5)1(6)7/h3-7,10,15-16H,2,8-9,11-14H2,1H3,(H,25,31)(H,27,32);(H,6,7). The molecular weight excluding hydrogens is 556 g/mol. The maximum absolute atomic E-state index is 12.5. The lowest BCUT2D eigenvalue weighted by Gasteiger charge is -2.13. The van der Waals surface area contributed by atoms with Crippen LogP contribution in [0.2, 0.25) is 0 Å². The van der Waals surface area contributed by atoms with Crippen molar-refractivity contribution in [3.63, 3.8) is 0 Å². The van der Waals surface area contributed by atoms with Crippen LogP contribution in [0.5, 0.6) is 5.75 Å². The zero-order valence-electron chi connectivity index (χ0n) is 21.9. The number of aliphatic carboxylic acids is 1. The van der Waals surface area contributed by atoms with Crippen LogP contribution in [0.15, 0.2) is 48.8 Å². The Morgan fingerprint density at radius 2 is 1.80 bits per heavy atom. The summed E-state index contributed by atoms with van der Waals surface area (Å²) in [5, 5.41) is 20.6. The first kappa shape index (κ1) is 32.6. The van der Waals surface area contributed by atoms with E-state index in [2.05, 4.69) is 25.9 Å². The van der Waals surface area contributed by atoms with Gasteiger partial charge in [0.05, 0.1) is 19.4 Å². The van der Waals surface area contributed by atoms with E-state index in [4.69, 9.17) is 19.4 Å². The maximum atomic E-state index is 12.5. The molecule has 0 fully saturated rings. The smallest absolute Gasteiger partial charge is 0.489 e. The molecule has 0 aliphatic rings. The molecule has 0 unspecified atom stereocenters. The molecule has 12 nitrogen and oxygen atoms in total. The van der Waals surface area contributed by atoms with Gasteiger partial charge in [-0.05, 0) is 37.3 Å². The van der Waals surface area contributed by atoms with Crippen molar-refractivity contribution in [1.82, 2.24) is 30.6 Å². The van der Waals surface area contributed by atoms with Crippen LogP contribution in [0.1, 0.15) is 33.5 Å². The number of ether oxygens (including phenoxy) is 2. The van der Waals surface area contributed by atoms with Crippen molar-refractivity contribution in [3.05, 3.63) is 65.7 Å². The van der Waals surface area contributed by atoms with Crippen LogP contribution >= 0.6 is 0 Å². The van der Waals surface area contributed by atoms with Gasteiger partial charge in [0.1, 0.15) is 24.7 Å². The minimum atomic E-state index is -5.08. The number of hydrogen-bond acceptors (Lipinski definition) is 8. The highest BCUT2D eigenvalue weighted by Crippen LogP contribution is 2.24. The van der Waals surface area contributed by atoms with Gasteiger partial charge in [0.25, 0.3) is 11.8 Å². The normalized spacial score (nSPS) is 10.8. The fourth-order valence-corrected chi connectivity index (χ4v) is 3.02. The van der Waals surface area contributed by atoms with Gasteiger partial charge in [-0.1, -0.05) is 11.3 Å². The molecule has 2 heterocycles. The number of aromatic nitrogens is 4. The summed E-state index contributed by atoms with van der Waals surface area (Å²) >= 11 is 0. The minimum Gasteiger partial charge on any atom is -0.489 e. The number of rotatable bonds is 13. The molecular formula is C25H28F4N6O6. The summed E-state index contributed by atoms with van der Waals surface area (Å²) < 4.78 is 56.2. The second kappa shape index (κ2) is 16.5. The molecule has 0 bridgehead atoms. The number of pyridine rings is 1. The molecule has 0 saturated heterocycles. The maximum Gasteiger partial charge on any atom is 0.490 e. The first-order valence-corrected chi connectivity index (χ1v) is 12.2.